The number of carbonyl (C=O) groups excluding carboxylic acids is 2. The third-order valence-electron chi connectivity index (χ3n) is 7.58. The second-order valence-corrected chi connectivity index (χ2v) is 15.2. The fourth-order valence-electron chi connectivity index (χ4n) is 4.73. The quantitative estimate of drug-likeness (QED) is 0.0680. The highest BCUT2D eigenvalue weighted by Crippen LogP contribution is 2.44. The highest BCUT2D eigenvalue weighted by Gasteiger charge is 2.46. The molecule has 0 radical (unpaired) electrons. The smallest absolute Gasteiger partial charge is 0.373 e. The van der Waals surface area contributed by atoms with Gasteiger partial charge in [0.1, 0.15) is 24.5 Å². The molecule has 0 N–H and O–H groups in total. The van der Waals surface area contributed by atoms with Crippen molar-refractivity contribution in [3.8, 4) is 0 Å². The minimum atomic E-state index is -1.69. The first-order chi connectivity index (χ1) is 19.1. The number of ether oxygens (including phenoxy) is 4. The van der Waals surface area contributed by atoms with Crippen molar-refractivity contribution in [2.45, 2.75) is 141 Å². The number of allylic oxidation sites excluding steroid dienone is 2. The molecule has 8 nitrogen and oxygen atoms in total. The van der Waals surface area contributed by atoms with Crippen LogP contribution in [0.1, 0.15) is 105 Å². The van der Waals surface area contributed by atoms with Gasteiger partial charge in [-0.1, -0.05) is 40.4 Å². The molecule has 0 saturated heterocycles. The van der Waals surface area contributed by atoms with Crippen molar-refractivity contribution in [1.82, 2.24) is 0 Å². The van der Waals surface area contributed by atoms with Gasteiger partial charge in [-0.25, -0.2) is 9.59 Å². The van der Waals surface area contributed by atoms with E-state index in [2.05, 4.69) is 12.2 Å². The van der Waals surface area contributed by atoms with Gasteiger partial charge in [0.25, 0.3) is 11.2 Å². The van der Waals surface area contributed by atoms with E-state index in [0.717, 1.165) is 64.2 Å². The second kappa shape index (κ2) is 18.2. The molecule has 2 aliphatic carbocycles. The molecule has 0 spiro atoms. The first-order valence-corrected chi connectivity index (χ1v) is 17.9. The van der Waals surface area contributed by atoms with E-state index < -0.39 is 50.9 Å². The Morgan fingerprint density at radius 3 is 1.85 bits per heavy atom. The fourth-order valence-corrected chi connectivity index (χ4v) is 7.56. The molecule has 0 fully saturated rings. The Labute approximate surface area is 242 Å². The molecule has 226 valence electrons. The summed E-state index contributed by atoms with van der Waals surface area (Å²) in [5.41, 5.74) is 0. The first-order valence-electron chi connectivity index (χ1n) is 15.0. The van der Waals surface area contributed by atoms with Gasteiger partial charge in [-0.3, -0.25) is 0 Å². The minimum Gasteiger partial charge on any atom is -0.460 e. The lowest BCUT2D eigenvalue weighted by Crippen LogP contribution is -2.36. The molecule has 10 heteroatoms. The average Bonchev–Trinajstić information content (AvgIpc) is 2.95. The van der Waals surface area contributed by atoms with E-state index >= 15 is 0 Å². The van der Waals surface area contributed by atoms with Crippen LogP contribution in [0.25, 0.3) is 0 Å². The predicted octanol–water partition coefficient (Wildman–Crippen LogP) is 7.79. The molecule has 0 heterocycles. The van der Waals surface area contributed by atoms with Gasteiger partial charge in [-0.05, 0) is 65.2 Å². The number of hydrogen-bond acceptors (Lipinski definition) is 8. The lowest BCUT2D eigenvalue weighted by atomic mass is 10.0. The van der Waals surface area contributed by atoms with E-state index in [1.807, 2.05) is 26.0 Å². The molecule has 2 rings (SSSR count). The number of unbranched alkanes of at least 4 members (excludes halogenated alkanes) is 3. The van der Waals surface area contributed by atoms with Crippen LogP contribution in [-0.2, 0) is 37.7 Å². The molecule has 2 aliphatic rings. The number of carbonyl (C=O) groups is 2. The van der Waals surface area contributed by atoms with E-state index in [9.17, 15) is 18.7 Å². The second-order valence-electron chi connectivity index (χ2n) is 11.0. The SMILES string of the molecule is CCC(C)(OC(C)C(=O)OC1CC=CCC1)[P+](=O)CCCCCC[P+](=O)C(C)OC(C)C(=O)OC1CC=CCC1. The Morgan fingerprint density at radius 1 is 0.825 bits per heavy atom. The Hall–Kier alpha value is -1.46. The van der Waals surface area contributed by atoms with Gasteiger partial charge in [-0.15, -0.1) is 0 Å². The van der Waals surface area contributed by atoms with E-state index in [1.165, 1.54) is 0 Å². The van der Waals surface area contributed by atoms with Crippen LogP contribution in [0.2, 0.25) is 0 Å². The molecule has 0 amide bonds. The molecule has 8 unspecified atom stereocenters. The third-order valence-corrected chi connectivity index (χ3v) is 11.5. The summed E-state index contributed by atoms with van der Waals surface area (Å²) in [7, 11) is -3.30. The predicted molar refractivity (Wildman–Crippen MR) is 158 cm³/mol. The average molecular weight is 601 g/mol. The van der Waals surface area contributed by atoms with Gasteiger partial charge >= 0.3 is 27.5 Å². The fraction of sp³-hybridized carbons (Fsp3) is 0.800. The van der Waals surface area contributed by atoms with E-state index in [1.54, 1.807) is 20.8 Å². The van der Waals surface area contributed by atoms with E-state index in [0.29, 0.717) is 18.7 Å². The molecule has 40 heavy (non-hydrogen) atoms. The van der Waals surface area contributed by atoms with E-state index in [4.69, 9.17) is 18.9 Å². The summed E-state index contributed by atoms with van der Waals surface area (Å²) >= 11 is 0. The van der Waals surface area contributed by atoms with Crippen LogP contribution in [0.15, 0.2) is 24.3 Å². The number of esters is 2. The normalized spacial score (nSPS) is 23.4. The van der Waals surface area contributed by atoms with Gasteiger partial charge in [0.05, 0.1) is 0 Å². The van der Waals surface area contributed by atoms with Gasteiger partial charge in [0.15, 0.2) is 12.2 Å². The van der Waals surface area contributed by atoms with Crippen molar-refractivity contribution >= 4 is 27.5 Å². The van der Waals surface area contributed by atoms with Crippen molar-refractivity contribution in [3.05, 3.63) is 24.3 Å². The lowest BCUT2D eigenvalue weighted by molar-refractivity contribution is -0.167. The maximum Gasteiger partial charge on any atom is 0.373 e. The topological polar surface area (TPSA) is 105 Å². The van der Waals surface area contributed by atoms with Gasteiger partial charge in [-0.2, -0.15) is 0 Å². The molecule has 0 aromatic heterocycles. The molecular formula is C30H50O8P2+2. The van der Waals surface area contributed by atoms with Crippen molar-refractivity contribution in [1.29, 1.82) is 0 Å². The van der Waals surface area contributed by atoms with Gasteiger partial charge in [0.2, 0.25) is 0 Å². The van der Waals surface area contributed by atoms with Gasteiger partial charge in [0, 0.05) is 33.1 Å². The van der Waals surface area contributed by atoms with Crippen LogP contribution < -0.4 is 0 Å². The van der Waals surface area contributed by atoms with Crippen LogP contribution in [0.4, 0.5) is 0 Å². The largest absolute Gasteiger partial charge is 0.460 e. The maximum atomic E-state index is 13.1. The molecule has 8 atom stereocenters. The molecule has 0 aromatic carbocycles. The maximum absolute atomic E-state index is 13.1. The standard InChI is InChI=1S/C30H50O8P2/c1-6-30(5,38-24(3)29(32)37-27-19-13-10-14-20-27)40(34)22-16-8-7-15-21-39(33)25(4)35-23(2)28(31)36-26-17-11-9-12-18-26/h9-11,13,23-27H,6-8,12,14-22H2,1-5H3/q+2. The summed E-state index contributed by atoms with van der Waals surface area (Å²) in [6.45, 7) is 8.79. The third kappa shape index (κ3) is 12.2. The molecule has 0 bridgehead atoms. The van der Waals surface area contributed by atoms with Crippen molar-refractivity contribution in [2.24, 2.45) is 0 Å². The zero-order valence-corrected chi connectivity index (χ0v) is 26.8. The molecule has 0 aliphatic heterocycles. The first kappa shape index (κ1) is 34.7. The molecule has 0 saturated carbocycles. The summed E-state index contributed by atoms with van der Waals surface area (Å²) < 4.78 is 48.6. The minimum absolute atomic E-state index is 0.103. The summed E-state index contributed by atoms with van der Waals surface area (Å²) in [6, 6.07) is 0. The molecular weight excluding hydrogens is 550 g/mol. The lowest BCUT2D eigenvalue weighted by Gasteiger charge is -2.25. The van der Waals surface area contributed by atoms with Crippen LogP contribution in [0.3, 0.4) is 0 Å². The van der Waals surface area contributed by atoms with Crippen LogP contribution in [-0.4, -0.2) is 59.9 Å². The summed E-state index contributed by atoms with van der Waals surface area (Å²) in [4.78, 5) is 24.8. The van der Waals surface area contributed by atoms with Crippen LogP contribution in [0.5, 0.6) is 0 Å². The van der Waals surface area contributed by atoms with Crippen molar-refractivity contribution < 1.29 is 37.7 Å². The Balaban J connectivity index is 1.62. The summed E-state index contributed by atoms with van der Waals surface area (Å²) in [5, 5.41) is -0.887. The highest BCUT2D eigenvalue weighted by molar-refractivity contribution is 7.46. The Bertz CT molecular complexity index is 904. The van der Waals surface area contributed by atoms with Crippen LogP contribution in [0, 0.1) is 0 Å². The van der Waals surface area contributed by atoms with E-state index in [-0.39, 0.29) is 12.2 Å². The zero-order chi connectivity index (χ0) is 29.5. The summed E-state index contributed by atoms with van der Waals surface area (Å²) in [6.07, 6.45) is 16.2. The van der Waals surface area contributed by atoms with Crippen molar-refractivity contribution in [3.63, 3.8) is 0 Å². The number of rotatable bonds is 18. The summed E-state index contributed by atoms with van der Waals surface area (Å²) in [5.74, 6) is -1.33. The highest BCUT2D eigenvalue weighted by atomic mass is 31.1. The van der Waals surface area contributed by atoms with Gasteiger partial charge < -0.3 is 18.9 Å². The number of hydrogen-bond donors (Lipinski definition) is 0. The van der Waals surface area contributed by atoms with Crippen molar-refractivity contribution in [2.75, 3.05) is 12.3 Å². The van der Waals surface area contributed by atoms with Crippen LogP contribution >= 0.6 is 15.6 Å². The Morgan fingerprint density at radius 2 is 1.35 bits per heavy atom. The Kier molecular flexibility index (Phi) is 15.8. The molecule has 0 aromatic rings. The zero-order valence-electron chi connectivity index (χ0n) is 25.0. The monoisotopic (exact) mass is 600 g/mol.